The Morgan fingerprint density at radius 1 is 1.04 bits per heavy atom. The Labute approximate surface area is 165 Å². The van der Waals surface area contributed by atoms with Crippen LogP contribution >= 0.6 is 31.9 Å². The summed E-state index contributed by atoms with van der Waals surface area (Å²) in [5.74, 6) is -0.177. The first-order valence-electron chi connectivity index (χ1n) is 7.89. The maximum absolute atomic E-state index is 12.2. The Hall–Kier alpha value is -0.580. The van der Waals surface area contributed by atoms with Crippen molar-refractivity contribution in [1.82, 2.24) is 10.3 Å². The molecule has 7 nitrogen and oxygen atoms in total. The molecule has 0 spiro atoms. The first-order valence-corrected chi connectivity index (χ1v) is 9.47. The molecular weight excluding hydrogens is 460 g/mol. The Bertz CT molecular complexity index is 499. The summed E-state index contributed by atoms with van der Waals surface area (Å²) in [6.07, 6.45) is 0. The third-order valence-corrected chi connectivity index (χ3v) is 3.76. The molecule has 1 amide bonds. The number of carbonyl (C=O) groups excluding carboxylic acids is 1. The van der Waals surface area contributed by atoms with Crippen LogP contribution in [0, 0.1) is 0 Å². The van der Waals surface area contributed by atoms with Crippen LogP contribution < -0.4 is 5.32 Å². The fourth-order valence-corrected chi connectivity index (χ4v) is 2.90. The van der Waals surface area contributed by atoms with Gasteiger partial charge in [0.25, 0.3) is 5.91 Å². The number of nitrogens with one attached hydrogen (secondary N) is 1. The molecule has 1 N–H and O–H groups in total. The predicted molar refractivity (Wildman–Crippen MR) is 101 cm³/mol. The van der Waals surface area contributed by atoms with Crippen molar-refractivity contribution in [2.75, 3.05) is 53.4 Å². The second kappa shape index (κ2) is 13.6. The van der Waals surface area contributed by atoms with Crippen molar-refractivity contribution in [2.45, 2.75) is 13.0 Å². The van der Waals surface area contributed by atoms with E-state index in [1.165, 1.54) is 0 Å². The third-order valence-electron chi connectivity index (χ3n) is 2.95. The molecule has 142 valence electrons. The number of amides is 1. The van der Waals surface area contributed by atoms with Gasteiger partial charge in [-0.25, -0.2) is 4.98 Å². The smallest absolute Gasteiger partial charge is 0.251 e. The van der Waals surface area contributed by atoms with Crippen molar-refractivity contribution in [3.05, 3.63) is 26.9 Å². The Morgan fingerprint density at radius 2 is 1.56 bits per heavy atom. The fraction of sp³-hybridized carbons (Fsp3) is 0.625. The standard InChI is InChI=1S/C16H24Br2N2O5/c1-12(11-25-8-7-24-6-5-23-4-3-22-2)19-16(21)13-9-14(17)20-15(18)10-13/h9-10,12H,3-8,11H2,1-2H3,(H,19,21)/t12-/m0/s1. The molecule has 1 heterocycles. The van der Waals surface area contributed by atoms with Crippen LogP contribution in [0.3, 0.4) is 0 Å². The van der Waals surface area contributed by atoms with Crippen molar-refractivity contribution in [3.8, 4) is 0 Å². The lowest BCUT2D eigenvalue weighted by Gasteiger charge is -2.14. The third kappa shape index (κ3) is 10.9. The van der Waals surface area contributed by atoms with Gasteiger partial charge in [-0.15, -0.1) is 0 Å². The van der Waals surface area contributed by atoms with Gasteiger partial charge in [0.2, 0.25) is 0 Å². The van der Waals surface area contributed by atoms with Crippen molar-refractivity contribution in [3.63, 3.8) is 0 Å². The van der Waals surface area contributed by atoms with Crippen LogP contribution in [0.4, 0.5) is 0 Å². The van der Waals surface area contributed by atoms with E-state index in [4.69, 9.17) is 18.9 Å². The molecule has 0 unspecified atom stereocenters. The number of ether oxygens (including phenoxy) is 4. The number of pyridine rings is 1. The molecule has 1 rings (SSSR count). The van der Waals surface area contributed by atoms with Gasteiger partial charge in [-0.1, -0.05) is 0 Å². The van der Waals surface area contributed by atoms with Crippen molar-refractivity contribution in [2.24, 2.45) is 0 Å². The van der Waals surface area contributed by atoms with Crippen molar-refractivity contribution < 1.29 is 23.7 Å². The number of methoxy groups -OCH3 is 1. The summed E-state index contributed by atoms with van der Waals surface area (Å²) in [5.41, 5.74) is 0.525. The van der Waals surface area contributed by atoms with E-state index in [0.717, 1.165) is 0 Å². The molecule has 0 aliphatic rings. The first-order chi connectivity index (χ1) is 12.0. The average molecular weight is 484 g/mol. The fourth-order valence-electron chi connectivity index (χ4n) is 1.79. The van der Waals surface area contributed by atoms with Crippen molar-refractivity contribution in [1.29, 1.82) is 0 Å². The largest absolute Gasteiger partial charge is 0.382 e. The topological polar surface area (TPSA) is 78.9 Å². The minimum Gasteiger partial charge on any atom is -0.382 e. The summed E-state index contributed by atoms with van der Waals surface area (Å²) in [6.45, 7) is 5.44. The number of aromatic nitrogens is 1. The second-order valence-corrected chi connectivity index (χ2v) is 6.79. The summed E-state index contributed by atoms with van der Waals surface area (Å²) in [6, 6.07) is 3.21. The lowest BCUT2D eigenvalue weighted by Crippen LogP contribution is -2.36. The number of hydrogen-bond acceptors (Lipinski definition) is 6. The van der Waals surface area contributed by atoms with Crippen LogP contribution in [0.25, 0.3) is 0 Å². The van der Waals surface area contributed by atoms with E-state index >= 15 is 0 Å². The van der Waals surface area contributed by atoms with Gasteiger partial charge in [0, 0.05) is 18.7 Å². The molecule has 0 aromatic carbocycles. The van der Waals surface area contributed by atoms with Gasteiger partial charge < -0.3 is 24.3 Å². The molecule has 25 heavy (non-hydrogen) atoms. The maximum atomic E-state index is 12.2. The monoisotopic (exact) mass is 482 g/mol. The first kappa shape index (κ1) is 22.5. The molecule has 0 aliphatic heterocycles. The Balaban J connectivity index is 2.08. The van der Waals surface area contributed by atoms with Crippen LogP contribution in [0.15, 0.2) is 21.3 Å². The van der Waals surface area contributed by atoms with E-state index in [1.54, 1.807) is 19.2 Å². The summed E-state index contributed by atoms with van der Waals surface area (Å²) >= 11 is 6.52. The van der Waals surface area contributed by atoms with Gasteiger partial charge in [-0.3, -0.25) is 4.79 Å². The van der Waals surface area contributed by atoms with E-state index < -0.39 is 0 Å². The van der Waals surface area contributed by atoms with Crippen LogP contribution in [0.5, 0.6) is 0 Å². The average Bonchev–Trinajstić information content (AvgIpc) is 2.55. The van der Waals surface area contributed by atoms with Gasteiger partial charge in [-0.05, 0) is 50.9 Å². The van der Waals surface area contributed by atoms with Gasteiger partial charge in [-0.2, -0.15) is 0 Å². The Morgan fingerprint density at radius 3 is 2.12 bits per heavy atom. The zero-order valence-corrected chi connectivity index (χ0v) is 17.6. The minimum atomic E-state index is -0.177. The van der Waals surface area contributed by atoms with Crippen molar-refractivity contribution >= 4 is 37.8 Å². The van der Waals surface area contributed by atoms with Crippen LogP contribution in [-0.4, -0.2) is 70.3 Å². The lowest BCUT2D eigenvalue weighted by molar-refractivity contribution is 0.00150. The predicted octanol–water partition coefficient (Wildman–Crippen LogP) is 2.42. The summed E-state index contributed by atoms with van der Waals surface area (Å²) in [5, 5.41) is 2.88. The zero-order valence-electron chi connectivity index (χ0n) is 14.4. The van der Waals surface area contributed by atoms with Gasteiger partial charge in [0.15, 0.2) is 0 Å². The molecule has 0 bridgehead atoms. The van der Waals surface area contributed by atoms with E-state index in [0.29, 0.717) is 61.0 Å². The molecule has 9 heteroatoms. The Kier molecular flexibility index (Phi) is 12.2. The summed E-state index contributed by atoms with van der Waals surface area (Å²) in [4.78, 5) is 16.3. The quantitative estimate of drug-likeness (QED) is 0.343. The van der Waals surface area contributed by atoms with Gasteiger partial charge in [0.05, 0.1) is 46.2 Å². The van der Waals surface area contributed by atoms with Gasteiger partial charge in [0.1, 0.15) is 9.21 Å². The highest BCUT2D eigenvalue weighted by Gasteiger charge is 2.11. The summed E-state index contributed by atoms with van der Waals surface area (Å²) in [7, 11) is 1.63. The molecule has 0 fully saturated rings. The summed E-state index contributed by atoms with van der Waals surface area (Å²) < 4.78 is 22.2. The highest BCUT2D eigenvalue weighted by Crippen LogP contribution is 2.15. The van der Waals surface area contributed by atoms with E-state index in [1.807, 2.05) is 6.92 Å². The molecule has 0 saturated heterocycles. The number of hydrogen-bond donors (Lipinski definition) is 1. The van der Waals surface area contributed by atoms with E-state index in [-0.39, 0.29) is 11.9 Å². The van der Waals surface area contributed by atoms with E-state index in [9.17, 15) is 4.79 Å². The minimum absolute atomic E-state index is 0.115. The molecule has 0 aliphatic carbocycles. The van der Waals surface area contributed by atoms with E-state index in [2.05, 4.69) is 42.2 Å². The molecular formula is C16H24Br2N2O5. The van der Waals surface area contributed by atoms with Crippen LogP contribution in [0.1, 0.15) is 17.3 Å². The number of carbonyl (C=O) groups is 1. The normalized spacial score (nSPS) is 12.2. The lowest BCUT2D eigenvalue weighted by atomic mass is 10.2. The SMILES string of the molecule is COCCOCCOCCOC[C@H](C)NC(=O)c1cc(Br)nc(Br)c1. The molecule has 0 radical (unpaired) electrons. The molecule has 1 aromatic rings. The number of halogens is 2. The highest BCUT2D eigenvalue weighted by atomic mass is 79.9. The number of rotatable bonds is 13. The maximum Gasteiger partial charge on any atom is 0.251 e. The molecule has 1 aromatic heterocycles. The second-order valence-electron chi connectivity index (χ2n) is 5.17. The zero-order chi connectivity index (χ0) is 18.5. The van der Waals surface area contributed by atoms with Crippen LogP contribution in [-0.2, 0) is 18.9 Å². The van der Waals surface area contributed by atoms with Gasteiger partial charge >= 0.3 is 0 Å². The number of nitrogens with zero attached hydrogens (tertiary/aromatic N) is 1. The molecule has 1 atom stereocenters. The molecule has 0 saturated carbocycles. The van der Waals surface area contributed by atoms with Crippen LogP contribution in [0.2, 0.25) is 0 Å². The highest BCUT2D eigenvalue weighted by molar-refractivity contribution is 9.11.